The van der Waals surface area contributed by atoms with Crippen molar-refractivity contribution in [3.8, 4) is 0 Å². The molecule has 7 nitrogen and oxygen atoms in total. The van der Waals surface area contributed by atoms with E-state index in [1.807, 2.05) is 30.3 Å². The van der Waals surface area contributed by atoms with Crippen LogP contribution in [0.25, 0.3) is 6.08 Å². The van der Waals surface area contributed by atoms with Gasteiger partial charge >= 0.3 is 0 Å². The van der Waals surface area contributed by atoms with E-state index >= 15 is 0 Å². The number of benzene rings is 2. The third-order valence-electron chi connectivity index (χ3n) is 3.98. The van der Waals surface area contributed by atoms with Gasteiger partial charge in [-0.2, -0.15) is 0 Å². The van der Waals surface area contributed by atoms with Crippen LogP contribution in [0.2, 0.25) is 0 Å². The lowest BCUT2D eigenvalue weighted by molar-refractivity contribution is -0.384. The van der Waals surface area contributed by atoms with Gasteiger partial charge in [-0.25, -0.2) is 4.99 Å². The van der Waals surface area contributed by atoms with Crippen molar-refractivity contribution in [2.45, 2.75) is 6.42 Å². The van der Waals surface area contributed by atoms with Gasteiger partial charge < -0.3 is 4.74 Å². The average molecular weight is 397 g/mol. The van der Waals surface area contributed by atoms with Crippen LogP contribution < -0.4 is 0 Å². The molecule has 1 saturated heterocycles. The molecule has 144 valence electrons. The Bertz CT molecular complexity index is 928. The Hall–Kier alpha value is -2.97. The van der Waals surface area contributed by atoms with Gasteiger partial charge in [0.15, 0.2) is 5.17 Å². The number of non-ortho nitro benzene ring substituents is 1. The Kier molecular flexibility index (Phi) is 6.57. The van der Waals surface area contributed by atoms with E-state index in [1.54, 1.807) is 30.2 Å². The van der Waals surface area contributed by atoms with Crippen molar-refractivity contribution in [3.05, 3.63) is 75.2 Å². The second kappa shape index (κ2) is 9.29. The predicted molar refractivity (Wildman–Crippen MR) is 110 cm³/mol. The molecule has 1 heterocycles. The molecule has 1 aliphatic rings. The molecule has 0 spiro atoms. The SMILES string of the molecule is COCCCN1C(=O)/C(=C/c2cccc([N+](=O)[O-])c2)SC1=Nc1ccccc1. The molecule has 1 amide bonds. The zero-order chi connectivity index (χ0) is 19.9. The fraction of sp³-hybridized carbons (Fsp3) is 0.200. The van der Waals surface area contributed by atoms with E-state index in [4.69, 9.17) is 4.74 Å². The van der Waals surface area contributed by atoms with Crippen molar-refractivity contribution in [1.29, 1.82) is 0 Å². The molecule has 3 rings (SSSR count). The highest BCUT2D eigenvalue weighted by Gasteiger charge is 2.33. The molecule has 0 radical (unpaired) electrons. The van der Waals surface area contributed by atoms with Crippen molar-refractivity contribution < 1.29 is 14.5 Å². The Balaban J connectivity index is 1.91. The number of carbonyl (C=O) groups excluding carboxylic acids is 1. The fourth-order valence-electron chi connectivity index (χ4n) is 2.65. The number of aliphatic imine (C=N–C) groups is 1. The van der Waals surface area contributed by atoms with Gasteiger partial charge in [0.25, 0.3) is 11.6 Å². The van der Waals surface area contributed by atoms with Gasteiger partial charge in [0, 0.05) is 32.4 Å². The summed E-state index contributed by atoms with van der Waals surface area (Å²) in [5.74, 6) is -0.165. The van der Waals surface area contributed by atoms with Crippen LogP contribution in [0.1, 0.15) is 12.0 Å². The molecule has 1 aliphatic heterocycles. The van der Waals surface area contributed by atoms with Crippen LogP contribution in [0.15, 0.2) is 64.5 Å². The topological polar surface area (TPSA) is 85.0 Å². The number of thioether (sulfide) groups is 1. The van der Waals surface area contributed by atoms with Gasteiger partial charge in [-0.1, -0.05) is 30.3 Å². The molecule has 8 heteroatoms. The standard InChI is InChI=1S/C20H19N3O4S/c1-27-12-6-11-22-19(24)18(14-15-7-5-10-17(13-15)23(25)26)28-20(22)21-16-8-3-2-4-9-16/h2-5,7-10,13-14H,6,11-12H2,1H3/b18-14-,21-20?. The van der Waals surface area contributed by atoms with E-state index in [0.717, 1.165) is 5.69 Å². The summed E-state index contributed by atoms with van der Waals surface area (Å²) < 4.78 is 5.09. The first-order chi connectivity index (χ1) is 13.6. The molecule has 0 bridgehead atoms. The monoisotopic (exact) mass is 397 g/mol. The van der Waals surface area contributed by atoms with E-state index in [2.05, 4.69) is 4.99 Å². The molecule has 0 aromatic heterocycles. The van der Waals surface area contributed by atoms with Crippen molar-refractivity contribution in [3.63, 3.8) is 0 Å². The van der Waals surface area contributed by atoms with Gasteiger partial charge in [-0.15, -0.1) is 0 Å². The Morgan fingerprint density at radius 1 is 1.21 bits per heavy atom. The number of amides is 1. The molecule has 0 saturated carbocycles. The zero-order valence-corrected chi connectivity index (χ0v) is 16.1. The number of amidine groups is 1. The Labute approximate surface area is 166 Å². The molecule has 28 heavy (non-hydrogen) atoms. The highest BCUT2D eigenvalue weighted by Crippen LogP contribution is 2.34. The van der Waals surface area contributed by atoms with Crippen molar-refractivity contribution in [2.24, 2.45) is 4.99 Å². The number of rotatable bonds is 7. The minimum Gasteiger partial charge on any atom is -0.385 e. The van der Waals surface area contributed by atoms with Crippen molar-refractivity contribution >= 4 is 40.3 Å². The van der Waals surface area contributed by atoms with E-state index < -0.39 is 4.92 Å². The first-order valence-corrected chi connectivity index (χ1v) is 9.48. The van der Waals surface area contributed by atoms with E-state index in [9.17, 15) is 14.9 Å². The van der Waals surface area contributed by atoms with Gasteiger partial charge in [0.1, 0.15) is 0 Å². The summed E-state index contributed by atoms with van der Waals surface area (Å²) in [4.78, 5) is 30.1. The number of hydrogen-bond acceptors (Lipinski definition) is 6. The van der Waals surface area contributed by atoms with Crippen LogP contribution in [0.4, 0.5) is 11.4 Å². The summed E-state index contributed by atoms with van der Waals surface area (Å²) in [5.41, 5.74) is 1.34. The van der Waals surface area contributed by atoms with Gasteiger partial charge in [0.2, 0.25) is 0 Å². The number of carbonyl (C=O) groups is 1. The largest absolute Gasteiger partial charge is 0.385 e. The lowest BCUT2D eigenvalue weighted by Crippen LogP contribution is -2.30. The smallest absolute Gasteiger partial charge is 0.270 e. The highest BCUT2D eigenvalue weighted by atomic mass is 32.2. The van der Waals surface area contributed by atoms with Crippen LogP contribution in [-0.4, -0.2) is 41.2 Å². The van der Waals surface area contributed by atoms with Crippen LogP contribution >= 0.6 is 11.8 Å². The third-order valence-corrected chi connectivity index (χ3v) is 4.98. The highest BCUT2D eigenvalue weighted by molar-refractivity contribution is 8.18. The average Bonchev–Trinajstić information content (AvgIpc) is 2.98. The quantitative estimate of drug-likeness (QED) is 0.302. The molecule has 2 aromatic rings. The summed E-state index contributed by atoms with van der Waals surface area (Å²) in [7, 11) is 1.62. The van der Waals surface area contributed by atoms with Crippen molar-refractivity contribution in [2.75, 3.05) is 20.3 Å². The minimum absolute atomic E-state index is 0.0140. The second-order valence-electron chi connectivity index (χ2n) is 6.00. The molecular weight excluding hydrogens is 378 g/mol. The van der Waals surface area contributed by atoms with Gasteiger partial charge in [-0.3, -0.25) is 19.8 Å². The zero-order valence-electron chi connectivity index (χ0n) is 15.3. The number of ether oxygens (including phenoxy) is 1. The molecule has 1 fully saturated rings. The lowest BCUT2D eigenvalue weighted by Gasteiger charge is -2.15. The maximum atomic E-state index is 12.9. The maximum absolute atomic E-state index is 12.9. The van der Waals surface area contributed by atoms with E-state index in [1.165, 1.54) is 23.9 Å². The van der Waals surface area contributed by atoms with E-state index in [-0.39, 0.29) is 11.6 Å². The molecule has 2 aromatic carbocycles. The minimum atomic E-state index is -0.453. The molecule has 0 N–H and O–H groups in total. The fourth-order valence-corrected chi connectivity index (χ4v) is 3.67. The number of nitro groups is 1. The normalized spacial score (nSPS) is 16.9. The Morgan fingerprint density at radius 2 is 2.00 bits per heavy atom. The number of nitro benzene ring substituents is 1. The van der Waals surface area contributed by atoms with E-state index in [0.29, 0.717) is 35.2 Å². The van der Waals surface area contributed by atoms with Crippen LogP contribution in [0.5, 0.6) is 0 Å². The summed E-state index contributed by atoms with van der Waals surface area (Å²) in [6.45, 7) is 1.02. The first-order valence-electron chi connectivity index (χ1n) is 8.67. The Morgan fingerprint density at radius 3 is 2.71 bits per heavy atom. The third kappa shape index (κ3) is 4.85. The summed E-state index contributed by atoms with van der Waals surface area (Å²) in [6, 6.07) is 15.6. The first kappa shape index (κ1) is 19.8. The van der Waals surface area contributed by atoms with Gasteiger partial charge in [0.05, 0.1) is 15.5 Å². The van der Waals surface area contributed by atoms with Crippen LogP contribution in [0.3, 0.4) is 0 Å². The molecule has 0 atom stereocenters. The van der Waals surface area contributed by atoms with Crippen LogP contribution in [0, 0.1) is 10.1 Å². The summed E-state index contributed by atoms with van der Waals surface area (Å²) >= 11 is 1.27. The lowest BCUT2D eigenvalue weighted by atomic mass is 10.2. The predicted octanol–water partition coefficient (Wildman–Crippen LogP) is 4.24. The van der Waals surface area contributed by atoms with Crippen molar-refractivity contribution in [1.82, 2.24) is 4.90 Å². The van der Waals surface area contributed by atoms with Gasteiger partial charge in [-0.05, 0) is 42.0 Å². The molecular formula is C20H19N3O4S. The summed E-state index contributed by atoms with van der Waals surface area (Å²) in [6.07, 6.45) is 2.34. The molecule has 0 aliphatic carbocycles. The molecule has 0 unspecified atom stereocenters. The summed E-state index contributed by atoms with van der Waals surface area (Å²) in [5, 5.41) is 11.6. The maximum Gasteiger partial charge on any atom is 0.270 e. The number of para-hydroxylation sites is 1. The van der Waals surface area contributed by atoms with Crippen LogP contribution in [-0.2, 0) is 9.53 Å². The number of hydrogen-bond donors (Lipinski definition) is 0. The number of methoxy groups -OCH3 is 1. The number of nitrogens with zero attached hydrogens (tertiary/aromatic N) is 3. The second-order valence-corrected chi connectivity index (χ2v) is 7.00.